The Balaban J connectivity index is 1.22. The van der Waals surface area contributed by atoms with E-state index in [2.05, 4.69) is 21.9 Å². The summed E-state index contributed by atoms with van der Waals surface area (Å²) < 4.78 is 45.5. The molecule has 3 heterocycles. The molecule has 3 saturated carbocycles. The number of nitrogens with zero attached hydrogens (tertiary/aromatic N) is 2. The zero-order valence-corrected chi connectivity index (χ0v) is 32.2. The first-order chi connectivity index (χ1) is 25.6. The average Bonchev–Trinajstić information content (AvgIpc) is 4.04. The highest BCUT2D eigenvalue weighted by molar-refractivity contribution is 7.91. The van der Waals surface area contributed by atoms with Gasteiger partial charge in [-0.25, -0.2) is 18.2 Å². The normalized spacial score (nSPS) is 30.3. The molecule has 0 spiro atoms. The molecule has 7 atom stereocenters. The number of alkyl carbamates (subject to hydrolysis) is 1. The van der Waals surface area contributed by atoms with Crippen molar-refractivity contribution in [2.45, 2.75) is 120 Å². The standard InChI is InChI=1S/C39H51N5O9S/c1-6-24-20-39(24,36(47)43-54(49,50)27-13-14-27)42-34(45)30-19-26-21-44(30)35(46)33(38(2,3)4)41-37(48)53-31-17-22(31)10-8-7-9-11-29-32(52-26)18-23-16-25(51-5)12-15-28(23)40-29/h6,12,15-16,18,22,24,26-27,30-31,33H,1,7-11,13-14,17,19-21H2,2-5H3,(H,41,48)(H,42,45)(H,43,47)/t22-,24-,26-,30+,31-,33-,39?/m1/s1. The van der Waals surface area contributed by atoms with Crippen molar-refractivity contribution in [3.8, 4) is 11.5 Å². The summed E-state index contributed by atoms with van der Waals surface area (Å²) in [5, 5.41) is 5.81. The number of methoxy groups -OCH3 is 1. The van der Waals surface area contributed by atoms with Gasteiger partial charge in [-0.2, -0.15) is 0 Å². The summed E-state index contributed by atoms with van der Waals surface area (Å²) in [6.07, 6.45) is 6.26. The lowest BCUT2D eigenvalue weighted by Gasteiger charge is -2.35. The first kappa shape index (κ1) is 37.9. The molecular weight excluding hydrogens is 715 g/mol. The minimum absolute atomic E-state index is 0.000652. The molecule has 15 heteroatoms. The maximum atomic E-state index is 14.6. The summed E-state index contributed by atoms with van der Waals surface area (Å²) in [6, 6.07) is 5.37. The number of hydrogen-bond donors (Lipinski definition) is 3. The van der Waals surface area contributed by atoms with E-state index in [1.165, 1.54) is 11.0 Å². The van der Waals surface area contributed by atoms with Gasteiger partial charge in [-0.1, -0.05) is 39.7 Å². The van der Waals surface area contributed by atoms with Crippen LogP contribution in [0, 0.1) is 17.3 Å². The number of rotatable bonds is 7. The SMILES string of the molecule is C=C[C@@H]1CC1(NC(=O)[C@@H]1C[C@@H]2CN1C(=O)[C@H](C(C)(C)C)NC(=O)O[C@@H]1C[C@H]1CCCCCc1nc3ccc(OC)cc3cc1O2)C(=O)NS(=O)(=O)C1CC1. The van der Waals surface area contributed by atoms with Crippen molar-refractivity contribution in [1.82, 2.24) is 25.2 Å². The number of fused-ring (bicyclic) bond motifs is 5. The molecule has 54 heavy (non-hydrogen) atoms. The number of ether oxygens (including phenoxy) is 3. The fourth-order valence-corrected chi connectivity index (χ4v) is 9.17. The molecule has 4 amide bonds. The zero-order valence-electron chi connectivity index (χ0n) is 31.4. The Kier molecular flexibility index (Phi) is 10.1. The monoisotopic (exact) mass is 765 g/mol. The van der Waals surface area contributed by atoms with Crippen LogP contribution < -0.4 is 24.8 Å². The third-order valence-corrected chi connectivity index (χ3v) is 13.3. The third kappa shape index (κ3) is 7.87. The zero-order chi connectivity index (χ0) is 38.6. The maximum absolute atomic E-state index is 14.6. The Hall–Kier alpha value is -4.40. The minimum atomic E-state index is -3.89. The Morgan fingerprint density at radius 3 is 2.56 bits per heavy atom. The van der Waals surface area contributed by atoms with Gasteiger partial charge in [-0.3, -0.25) is 19.1 Å². The van der Waals surface area contributed by atoms with Gasteiger partial charge in [0.2, 0.25) is 21.8 Å². The molecule has 4 fully saturated rings. The highest BCUT2D eigenvalue weighted by Crippen LogP contribution is 2.46. The summed E-state index contributed by atoms with van der Waals surface area (Å²) in [5.41, 5.74) is -0.763. The van der Waals surface area contributed by atoms with E-state index in [0.717, 1.165) is 48.7 Å². The van der Waals surface area contributed by atoms with Crippen molar-refractivity contribution in [3.05, 3.63) is 42.6 Å². The number of hydrogen-bond acceptors (Lipinski definition) is 10. The van der Waals surface area contributed by atoms with Gasteiger partial charge in [0.1, 0.15) is 41.3 Å². The van der Waals surface area contributed by atoms with Crippen LogP contribution >= 0.6 is 0 Å². The maximum Gasteiger partial charge on any atom is 0.408 e. The van der Waals surface area contributed by atoms with Crippen LogP contribution in [-0.4, -0.2) is 90.9 Å². The molecule has 0 radical (unpaired) electrons. The average molecular weight is 766 g/mol. The summed E-state index contributed by atoms with van der Waals surface area (Å²) in [5.74, 6) is -1.01. The quantitative estimate of drug-likeness (QED) is 0.350. The van der Waals surface area contributed by atoms with Gasteiger partial charge in [0, 0.05) is 17.7 Å². The van der Waals surface area contributed by atoms with Crippen molar-refractivity contribution >= 4 is 44.7 Å². The van der Waals surface area contributed by atoms with Crippen molar-refractivity contribution in [3.63, 3.8) is 0 Å². The minimum Gasteiger partial charge on any atom is -0.497 e. The van der Waals surface area contributed by atoms with Gasteiger partial charge in [0.05, 0.1) is 30.1 Å². The number of pyridine rings is 1. The predicted molar refractivity (Wildman–Crippen MR) is 199 cm³/mol. The lowest BCUT2D eigenvalue weighted by molar-refractivity contribution is -0.142. The van der Waals surface area contributed by atoms with E-state index in [-0.39, 0.29) is 31.4 Å². The number of carbonyl (C=O) groups excluding carboxylic acids is 4. The van der Waals surface area contributed by atoms with E-state index in [4.69, 9.17) is 19.2 Å². The summed E-state index contributed by atoms with van der Waals surface area (Å²) in [4.78, 5) is 62.1. The summed E-state index contributed by atoms with van der Waals surface area (Å²) in [6.45, 7) is 9.25. The fraction of sp³-hybridized carbons (Fsp3) is 0.615. The number of benzene rings is 1. The molecule has 1 aromatic heterocycles. The second-order valence-electron chi connectivity index (χ2n) is 16.6. The van der Waals surface area contributed by atoms with E-state index in [1.807, 2.05) is 45.0 Å². The Morgan fingerprint density at radius 1 is 1.09 bits per heavy atom. The predicted octanol–water partition coefficient (Wildman–Crippen LogP) is 3.91. The topological polar surface area (TPSA) is 182 Å². The first-order valence-electron chi connectivity index (χ1n) is 19.0. The molecule has 2 bridgehead atoms. The molecule has 14 nitrogen and oxygen atoms in total. The fourth-order valence-electron chi connectivity index (χ4n) is 7.80. The molecule has 5 aliphatic rings. The molecule has 292 valence electrons. The van der Waals surface area contributed by atoms with Gasteiger partial charge in [-0.15, -0.1) is 6.58 Å². The van der Waals surface area contributed by atoms with E-state index in [9.17, 15) is 27.6 Å². The highest BCUT2D eigenvalue weighted by atomic mass is 32.2. The molecule has 3 aliphatic carbocycles. The van der Waals surface area contributed by atoms with Gasteiger partial charge in [-0.05, 0) is 80.5 Å². The van der Waals surface area contributed by atoms with Gasteiger partial charge in [0.15, 0.2) is 0 Å². The molecule has 2 aliphatic heterocycles. The molecular formula is C39H51N5O9S. The van der Waals surface area contributed by atoms with E-state index in [0.29, 0.717) is 30.8 Å². The van der Waals surface area contributed by atoms with Crippen LogP contribution in [0.5, 0.6) is 11.5 Å². The van der Waals surface area contributed by atoms with Crippen molar-refractivity contribution < 1.29 is 41.8 Å². The molecule has 1 aromatic carbocycles. The van der Waals surface area contributed by atoms with Crippen molar-refractivity contribution in [1.29, 1.82) is 0 Å². The molecule has 1 saturated heterocycles. The van der Waals surface area contributed by atoms with Crippen molar-refractivity contribution in [2.24, 2.45) is 17.3 Å². The number of carbonyl (C=O) groups is 4. The Labute approximate surface area is 316 Å². The second-order valence-corrected chi connectivity index (χ2v) is 18.6. The van der Waals surface area contributed by atoms with E-state index >= 15 is 0 Å². The largest absolute Gasteiger partial charge is 0.497 e. The van der Waals surface area contributed by atoms with E-state index in [1.54, 1.807) is 7.11 Å². The Bertz CT molecular complexity index is 1960. The second kappa shape index (κ2) is 14.3. The lowest BCUT2D eigenvalue weighted by Crippen LogP contribution is -2.60. The lowest BCUT2D eigenvalue weighted by atomic mass is 9.85. The third-order valence-electron chi connectivity index (χ3n) is 11.4. The Morgan fingerprint density at radius 2 is 1.87 bits per heavy atom. The highest BCUT2D eigenvalue weighted by Gasteiger charge is 2.62. The molecule has 3 N–H and O–H groups in total. The van der Waals surface area contributed by atoms with Crippen LogP contribution in [0.25, 0.3) is 10.9 Å². The summed E-state index contributed by atoms with van der Waals surface area (Å²) >= 11 is 0. The van der Waals surface area contributed by atoms with Crippen LogP contribution in [0.2, 0.25) is 0 Å². The number of aromatic nitrogens is 1. The molecule has 1 unspecified atom stereocenters. The van der Waals surface area contributed by atoms with Crippen LogP contribution in [0.1, 0.15) is 84.3 Å². The van der Waals surface area contributed by atoms with Gasteiger partial charge >= 0.3 is 6.09 Å². The number of aryl methyl sites for hydroxylation is 1. The molecule has 2 aromatic rings. The number of amides is 4. The number of nitrogens with one attached hydrogen (secondary N) is 3. The van der Waals surface area contributed by atoms with Crippen LogP contribution in [0.15, 0.2) is 36.9 Å². The van der Waals surface area contributed by atoms with E-state index < -0.39 is 74.1 Å². The van der Waals surface area contributed by atoms with Crippen LogP contribution in [0.3, 0.4) is 0 Å². The number of sulfonamides is 1. The van der Waals surface area contributed by atoms with Crippen LogP contribution in [-0.2, 0) is 35.6 Å². The molecule has 7 rings (SSSR count). The van der Waals surface area contributed by atoms with Gasteiger partial charge in [0.25, 0.3) is 5.91 Å². The first-order valence-corrected chi connectivity index (χ1v) is 20.6. The van der Waals surface area contributed by atoms with Gasteiger partial charge < -0.3 is 29.7 Å². The smallest absolute Gasteiger partial charge is 0.408 e. The summed E-state index contributed by atoms with van der Waals surface area (Å²) in [7, 11) is -2.30. The van der Waals surface area contributed by atoms with Crippen molar-refractivity contribution in [2.75, 3.05) is 13.7 Å². The van der Waals surface area contributed by atoms with Crippen LogP contribution in [0.4, 0.5) is 4.79 Å².